The van der Waals surface area contributed by atoms with Crippen molar-refractivity contribution in [2.45, 2.75) is 25.3 Å². The SMILES string of the molecule is O=C(NC1CCCCNC1=O)c1ccc2ccccc2n1. The summed E-state index contributed by atoms with van der Waals surface area (Å²) in [5.74, 6) is -0.413. The Labute approximate surface area is 122 Å². The Bertz CT molecular complexity index is 684. The van der Waals surface area contributed by atoms with E-state index in [1.807, 2.05) is 30.3 Å². The number of pyridine rings is 1. The Kier molecular flexibility index (Phi) is 3.81. The highest BCUT2D eigenvalue weighted by molar-refractivity contribution is 5.97. The smallest absolute Gasteiger partial charge is 0.270 e. The number of carbonyl (C=O) groups excluding carboxylic acids is 2. The van der Waals surface area contributed by atoms with Crippen LogP contribution in [0.2, 0.25) is 0 Å². The van der Waals surface area contributed by atoms with Gasteiger partial charge in [-0.1, -0.05) is 24.3 Å². The Morgan fingerprint density at radius 1 is 1.19 bits per heavy atom. The van der Waals surface area contributed by atoms with Crippen LogP contribution >= 0.6 is 0 Å². The fourth-order valence-corrected chi connectivity index (χ4v) is 2.50. The minimum Gasteiger partial charge on any atom is -0.354 e. The summed E-state index contributed by atoms with van der Waals surface area (Å²) in [5, 5.41) is 6.57. The Balaban J connectivity index is 1.78. The van der Waals surface area contributed by atoms with Crippen LogP contribution in [0.1, 0.15) is 29.8 Å². The third kappa shape index (κ3) is 3.02. The maximum atomic E-state index is 12.3. The number of amides is 2. The monoisotopic (exact) mass is 283 g/mol. The molecule has 108 valence electrons. The Morgan fingerprint density at radius 3 is 2.95 bits per heavy atom. The van der Waals surface area contributed by atoms with Crippen molar-refractivity contribution in [3.63, 3.8) is 0 Å². The van der Waals surface area contributed by atoms with E-state index in [-0.39, 0.29) is 11.8 Å². The molecule has 0 radical (unpaired) electrons. The van der Waals surface area contributed by atoms with Crippen LogP contribution < -0.4 is 10.6 Å². The summed E-state index contributed by atoms with van der Waals surface area (Å²) in [7, 11) is 0. The van der Waals surface area contributed by atoms with Crippen molar-refractivity contribution in [3.05, 3.63) is 42.1 Å². The molecule has 0 bridgehead atoms. The largest absolute Gasteiger partial charge is 0.354 e. The average Bonchev–Trinajstić information content (AvgIpc) is 2.72. The number of rotatable bonds is 2. The molecule has 5 heteroatoms. The molecule has 21 heavy (non-hydrogen) atoms. The van der Waals surface area contributed by atoms with Crippen molar-refractivity contribution in [1.29, 1.82) is 0 Å². The second-order valence-corrected chi connectivity index (χ2v) is 5.20. The number of benzene rings is 1. The van der Waals surface area contributed by atoms with Crippen molar-refractivity contribution in [2.24, 2.45) is 0 Å². The van der Waals surface area contributed by atoms with Crippen LogP contribution in [0.3, 0.4) is 0 Å². The summed E-state index contributed by atoms with van der Waals surface area (Å²) >= 11 is 0. The summed E-state index contributed by atoms with van der Waals surface area (Å²) in [6, 6.07) is 10.7. The van der Waals surface area contributed by atoms with E-state index in [0.717, 1.165) is 23.7 Å². The molecule has 0 saturated carbocycles. The fraction of sp³-hybridized carbons (Fsp3) is 0.312. The molecule has 1 aromatic heterocycles. The first-order valence-corrected chi connectivity index (χ1v) is 7.18. The van der Waals surface area contributed by atoms with E-state index in [4.69, 9.17) is 0 Å². The molecular weight excluding hydrogens is 266 g/mol. The van der Waals surface area contributed by atoms with E-state index in [2.05, 4.69) is 15.6 Å². The lowest BCUT2D eigenvalue weighted by Gasteiger charge is -2.14. The van der Waals surface area contributed by atoms with Crippen molar-refractivity contribution < 1.29 is 9.59 Å². The number of nitrogens with zero attached hydrogens (tertiary/aromatic N) is 1. The molecule has 1 fully saturated rings. The van der Waals surface area contributed by atoms with Crippen molar-refractivity contribution >= 4 is 22.7 Å². The summed E-state index contributed by atoms with van der Waals surface area (Å²) < 4.78 is 0. The van der Waals surface area contributed by atoms with Gasteiger partial charge in [-0.25, -0.2) is 4.98 Å². The summed E-state index contributed by atoms with van der Waals surface area (Å²) in [5.41, 5.74) is 1.11. The van der Waals surface area contributed by atoms with E-state index in [0.29, 0.717) is 18.7 Å². The lowest BCUT2D eigenvalue weighted by Crippen LogP contribution is -2.45. The molecule has 1 aliphatic rings. The number of hydrogen-bond acceptors (Lipinski definition) is 3. The minimum atomic E-state index is -0.465. The predicted molar refractivity (Wildman–Crippen MR) is 79.9 cm³/mol. The first-order valence-electron chi connectivity index (χ1n) is 7.18. The lowest BCUT2D eigenvalue weighted by molar-refractivity contribution is -0.122. The molecular formula is C16H17N3O2. The molecule has 0 aliphatic carbocycles. The zero-order chi connectivity index (χ0) is 14.7. The van der Waals surface area contributed by atoms with Gasteiger partial charge in [0.25, 0.3) is 5.91 Å². The van der Waals surface area contributed by atoms with Crippen LogP contribution in [-0.2, 0) is 4.79 Å². The quantitative estimate of drug-likeness (QED) is 0.880. The standard InChI is InChI=1S/C16H17N3O2/c20-15-13(7-3-4-10-17-15)19-16(21)14-9-8-11-5-1-2-6-12(11)18-14/h1-2,5-6,8-9,13H,3-4,7,10H2,(H,17,20)(H,19,21). The fourth-order valence-electron chi connectivity index (χ4n) is 2.50. The molecule has 1 atom stereocenters. The van der Waals surface area contributed by atoms with Gasteiger partial charge in [0.05, 0.1) is 5.52 Å². The van der Waals surface area contributed by atoms with Crippen LogP contribution in [0, 0.1) is 0 Å². The highest BCUT2D eigenvalue weighted by atomic mass is 16.2. The number of aromatic nitrogens is 1. The van der Waals surface area contributed by atoms with Gasteiger partial charge in [-0.05, 0) is 31.4 Å². The summed E-state index contributed by atoms with van der Waals surface area (Å²) in [6.45, 7) is 0.680. The van der Waals surface area contributed by atoms with E-state index in [1.165, 1.54) is 0 Å². The number of hydrogen-bond donors (Lipinski definition) is 2. The van der Waals surface area contributed by atoms with Crippen molar-refractivity contribution in [2.75, 3.05) is 6.54 Å². The Morgan fingerprint density at radius 2 is 2.05 bits per heavy atom. The maximum absolute atomic E-state index is 12.3. The molecule has 0 spiro atoms. The van der Waals surface area contributed by atoms with E-state index < -0.39 is 6.04 Å². The molecule has 3 rings (SSSR count). The van der Waals surface area contributed by atoms with Gasteiger partial charge in [-0.15, -0.1) is 0 Å². The van der Waals surface area contributed by atoms with Crippen molar-refractivity contribution in [1.82, 2.24) is 15.6 Å². The number of para-hydroxylation sites is 1. The van der Waals surface area contributed by atoms with Gasteiger partial charge in [0.15, 0.2) is 0 Å². The molecule has 2 aromatic rings. The normalized spacial score (nSPS) is 18.9. The molecule has 1 unspecified atom stereocenters. The lowest BCUT2D eigenvalue weighted by atomic mass is 10.1. The first-order chi connectivity index (χ1) is 10.2. The van der Waals surface area contributed by atoms with Crippen LogP contribution in [0.25, 0.3) is 10.9 Å². The molecule has 2 N–H and O–H groups in total. The highest BCUT2D eigenvalue weighted by Gasteiger charge is 2.23. The van der Waals surface area contributed by atoms with E-state index in [9.17, 15) is 9.59 Å². The molecule has 2 amide bonds. The van der Waals surface area contributed by atoms with Crippen LogP contribution in [0.5, 0.6) is 0 Å². The van der Waals surface area contributed by atoms with Gasteiger partial charge in [0.2, 0.25) is 5.91 Å². The van der Waals surface area contributed by atoms with Crippen LogP contribution in [0.4, 0.5) is 0 Å². The second kappa shape index (κ2) is 5.91. The number of carbonyl (C=O) groups is 2. The molecule has 2 heterocycles. The van der Waals surface area contributed by atoms with Gasteiger partial charge in [0.1, 0.15) is 11.7 Å². The second-order valence-electron chi connectivity index (χ2n) is 5.20. The number of fused-ring (bicyclic) bond motifs is 1. The average molecular weight is 283 g/mol. The van der Waals surface area contributed by atoms with Gasteiger partial charge < -0.3 is 10.6 Å². The van der Waals surface area contributed by atoms with Gasteiger partial charge in [-0.2, -0.15) is 0 Å². The molecule has 1 aliphatic heterocycles. The third-order valence-corrected chi connectivity index (χ3v) is 3.67. The van der Waals surface area contributed by atoms with Gasteiger partial charge in [-0.3, -0.25) is 9.59 Å². The minimum absolute atomic E-state index is 0.110. The maximum Gasteiger partial charge on any atom is 0.270 e. The molecule has 1 aromatic carbocycles. The van der Waals surface area contributed by atoms with Gasteiger partial charge >= 0.3 is 0 Å². The van der Waals surface area contributed by atoms with E-state index >= 15 is 0 Å². The number of nitrogens with one attached hydrogen (secondary N) is 2. The van der Waals surface area contributed by atoms with Crippen molar-refractivity contribution in [3.8, 4) is 0 Å². The van der Waals surface area contributed by atoms with Gasteiger partial charge in [0, 0.05) is 11.9 Å². The van der Waals surface area contributed by atoms with Crippen LogP contribution in [0.15, 0.2) is 36.4 Å². The zero-order valence-electron chi connectivity index (χ0n) is 11.6. The molecule has 5 nitrogen and oxygen atoms in total. The van der Waals surface area contributed by atoms with E-state index in [1.54, 1.807) is 6.07 Å². The predicted octanol–water partition coefficient (Wildman–Crippen LogP) is 1.63. The van der Waals surface area contributed by atoms with Crippen LogP contribution in [-0.4, -0.2) is 29.4 Å². The third-order valence-electron chi connectivity index (χ3n) is 3.67. The first kappa shape index (κ1) is 13.5. The zero-order valence-corrected chi connectivity index (χ0v) is 11.6. The summed E-state index contributed by atoms with van der Waals surface area (Å²) in [4.78, 5) is 28.5. The molecule has 1 saturated heterocycles. The Hall–Kier alpha value is -2.43. The summed E-state index contributed by atoms with van der Waals surface area (Å²) in [6.07, 6.45) is 2.55. The highest BCUT2D eigenvalue weighted by Crippen LogP contribution is 2.12. The topological polar surface area (TPSA) is 71.1 Å².